The van der Waals surface area contributed by atoms with Crippen LogP contribution in [0.3, 0.4) is 0 Å². The quantitative estimate of drug-likeness (QED) is 0.190. The van der Waals surface area contributed by atoms with Crippen LogP contribution in [0.2, 0.25) is 0 Å². The summed E-state index contributed by atoms with van der Waals surface area (Å²) in [6.07, 6.45) is 1.85. The average molecular weight is 557 g/mol. The zero-order valence-corrected chi connectivity index (χ0v) is 22.5. The van der Waals surface area contributed by atoms with Crippen molar-refractivity contribution in [2.75, 3.05) is 0 Å². The summed E-state index contributed by atoms with van der Waals surface area (Å²) in [5, 5.41) is 2.29. The van der Waals surface area contributed by atoms with Gasteiger partial charge in [0.2, 0.25) is 0 Å². The van der Waals surface area contributed by atoms with E-state index in [1.807, 2.05) is 0 Å². The van der Waals surface area contributed by atoms with E-state index in [9.17, 15) is 17.6 Å². The number of rotatable bonds is 4. The van der Waals surface area contributed by atoms with Gasteiger partial charge >= 0.3 is 0 Å². The van der Waals surface area contributed by atoms with Crippen molar-refractivity contribution in [1.29, 1.82) is 0 Å². The molecule has 0 saturated carbocycles. The predicted molar refractivity (Wildman–Crippen MR) is 157 cm³/mol. The van der Waals surface area contributed by atoms with E-state index in [2.05, 4.69) is 24.3 Å². The van der Waals surface area contributed by atoms with Gasteiger partial charge in [-0.3, -0.25) is 0 Å². The van der Waals surface area contributed by atoms with Gasteiger partial charge in [0.1, 0.15) is 23.3 Å². The third-order valence-electron chi connectivity index (χ3n) is 9.48. The first-order chi connectivity index (χ1) is 20.4. The fourth-order valence-electron chi connectivity index (χ4n) is 7.98. The van der Waals surface area contributed by atoms with Crippen molar-refractivity contribution >= 4 is 10.8 Å². The second kappa shape index (κ2) is 8.90. The maximum Gasteiger partial charge on any atom is 0.123 e. The molecule has 6 aromatic carbocycles. The lowest BCUT2D eigenvalue weighted by molar-refractivity contribution is 0.439. The first-order valence-electron chi connectivity index (χ1n) is 14.1. The Bertz CT molecular complexity index is 1750. The molecular weight excluding hydrogens is 532 g/mol. The lowest BCUT2D eigenvalue weighted by Crippen LogP contribution is -2.49. The van der Waals surface area contributed by atoms with Crippen LogP contribution in [0, 0.1) is 23.3 Å². The highest BCUT2D eigenvalue weighted by Crippen LogP contribution is 2.67. The Morgan fingerprint density at radius 2 is 0.619 bits per heavy atom. The molecule has 8 rings (SSSR count). The van der Waals surface area contributed by atoms with E-state index in [0.29, 0.717) is 0 Å². The summed E-state index contributed by atoms with van der Waals surface area (Å²) >= 11 is 0. The molecule has 0 amide bonds. The molecule has 0 saturated heterocycles. The number of benzene rings is 6. The molecule has 4 heteroatoms. The van der Waals surface area contributed by atoms with E-state index in [1.165, 1.54) is 65.0 Å². The van der Waals surface area contributed by atoms with Gasteiger partial charge in [0, 0.05) is 0 Å². The van der Waals surface area contributed by atoms with Crippen LogP contribution >= 0.6 is 0 Å². The Kier molecular flexibility index (Phi) is 5.31. The summed E-state index contributed by atoms with van der Waals surface area (Å²) in [4.78, 5) is 0. The molecular formula is C38H24F4. The lowest BCUT2D eigenvalue weighted by Gasteiger charge is -2.49. The number of hydrogen-bond acceptors (Lipinski definition) is 0. The van der Waals surface area contributed by atoms with Gasteiger partial charge in [-0.05, 0) is 117 Å². The fraction of sp³-hybridized carbons (Fsp3) is 0.105. The maximum atomic E-state index is 14.6. The predicted octanol–water partition coefficient (Wildman–Crippen LogP) is 9.18. The summed E-state index contributed by atoms with van der Waals surface area (Å²) in [7, 11) is 0. The van der Waals surface area contributed by atoms with E-state index in [1.54, 1.807) is 48.5 Å². The standard InChI is InChI=1S/C38H24F4/c39-29-13-5-25(6-14-29)37(26-7-15-30(40)16-8-26)33-21-3-23-1-2-24-4-22-34(36(33)35(23)24)38(37,27-9-17-31(41)18-10-27)28-11-19-32(42)20-12-28/h3-22H,1-2H2. The Labute approximate surface area is 240 Å². The molecule has 0 radical (unpaired) electrons. The largest absolute Gasteiger partial charge is 0.207 e. The van der Waals surface area contributed by atoms with Crippen molar-refractivity contribution in [2.45, 2.75) is 23.7 Å². The van der Waals surface area contributed by atoms with E-state index in [-0.39, 0.29) is 23.3 Å². The van der Waals surface area contributed by atoms with Gasteiger partial charge < -0.3 is 0 Å². The highest BCUT2D eigenvalue weighted by molar-refractivity contribution is 6.03. The van der Waals surface area contributed by atoms with Crippen LogP contribution in [0.15, 0.2) is 121 Å². The second-order valence-electron chi connectivity index (χ2n) is 11.3. The number of hydrogen-bond donors (Lipinski definition) is 0. The van der Waals surface area contributed by atoms with E-state index >= 15 is 0 Å². The molecule has 6 aromatic rings. The molecule has 0 aromatic heterocycles. The molecule has 0 N–H and O–H groups in total. The molecule has 0 spiro atoms. The SMILES string of the molecule is Fc1ccc(C2(c3ccc(F)cc3)c3ccc4c5c(ccc(c35)C2(c2ccc(F)cc2)c2ccc(F)cc2)CC4)cc1. The summed E-state index contributed by atoms with van der Waals surface area (Å²) in [5.74, 6) is -1.51. The minimum absolute atomic E-state index is 0.377. The van der Waals surface area contributed by atoms with Gasteiger partial charge in [-0.2, -0.15) is 0 Å². The third-order valence-corrected chi connectivity index (χ3v) is 9.48. The van der Waals surface area contributed by atoms with Gasteiger partial charge in [-0.25, -0.2) is 17.6 Å². The van der Waals surface area contributed by atoms with Crippen molar-refractivity contribution in [1.82, 2.24) is 0 Å². The van der Waals surface area contributed by atoms with Crippen LogP contribution in [-0.2, 0) is 23.7 Å². The van der Waals surface area contributed by atoms with Crippen molar-refractivity contribution in [3.8, 4) is 0 Å². The van der Waals surface area contributed by atoms with E-state index in [0.717, 1.165) is 51.6 Å². The minimum atomic E-state index is -1.06. The molecule has 0 heterocycles. The second-order valence-corrected chi connectivity index (χ2v) is 11.3. The molecule has 0 fully saturated rings. The summed E-state index contributed by atoms with van der Waals surface area (Å²) < 4.78 is 58.2. The van der Waals surface area contributed by atoms with Crippen LogP contribution in [0.25, 0.3) is 10.8 Å². The molecule has 2 aliphatic carbocycles. The highest BCUT2D eigenvalue weighted by atomic mass is 19.1. The molecule has 0 unspecified atom stereocenters. The minimum Gasteiger partial charge on any atom is -0.207 e. The first kappa shape index (κ1) is 25.0. The summed E-state index contributed by atoms with van der Waals surface area (Å²) in [6.45, 7) is 0. The monoisotopic (exact) mass is 556 g/mol. The van der Waals surface area contributed by atoms with Crippen molar-refractivity contribution in [2.24, 2.45) is 0 Å². The van der Waals surface area contributed by atoms with Gasteiger partial charge in [0.15, 0.2) is 0 Å². The van der Waals surface area contributed by atoms with Crippen LogP contribution in [0.5, 0.6) is 0 Å². The van der Waals surface area contributed by atoms with Crippen LogP contribution in [0.4, 0.5) is 17.6 Å². The van der Waals surface area contributed by atoms with Gasteiger partial charge in [0.25, 0.3) is 0 Å². The Morgan fingerprint density at radius 1 is 0.333 bits per heavy atom. The fourth-order valence-corrected chi connectivity index (χ4v) is 7.98. The summed E-state index contributed by atoms with van der Waals surface area (Å²) in [5.41, 5.74) is 5.52. The number of aryl methyl sites for hydroxylation is 2. The summed E-state index contributed by atoms with van der Waals surface area (Å²) in [6, 6.07) is 34.5. The number of halogens is 4. The van der Waals surface area contributed by atoms with Gasteiger partial charge in [-0.15, -0.1) is 0 Å². The average Bonchev–Trinajstić information content (AvgIpc) is 3.54. The Morgan fingerprint density at radius 3 is 0.905 bits per heavy atom. The van der Waals surface area contributed by atoms with E-state index in [4.69, 9.17) is 0 Å². The zero-order chi connectivity index (χ0) is 28.6. The molecule has 0 bridgehead atoms. The van der Waals surface area contributed by atoms with Gasteiger partial charge in [-0.1, -0.05) is 72.8 Å². The zero-order valence-electron chi connectivity index (χ0n) is 22.5. The normalized spacial score (nSPS) is 15.8. The molecule has 0 atom stereocenters. The van der Waals surface area contributed by atoms with Crippen molar-refractivity contribution in [3.63, 3.8) is 0 Å². The Hall–Kier alpha value is -4.70. The first-order valence-corrected chi connectivity index (χ1v) is 14.1. The Balaban J connectivity index is 1.67. The smallest absolute Gasteiger partial charge is 0.123 e. The molecule has 42 heavy (non-hydrogen) atoms. The van der Waals surface area contributed by atoms with Crippen LogP contribution in [0.1, 0.15) is 44.5 Å². The molecule has 2 aliphatic rings. The third kappa shape index (κ3) is 3.12. The molecule has 0 nitrogen and oxygen atoms in total. The van der Waals surface area contributed by atoms with Crippen molar-refractivity contribution < 1.29 is 17.6 Å². The maximum absolute atomic E-state index is 14.6. The lowest BCUT2D eigenvalue weighted by atomic mass is 9.50. The van der Waals surface area contributed by atoms with E-state index < -0.39 is 10.8 Å². The highest BCUT2D eigenvalue weighted by Gasteiger charge is 2.62. The van der Waals surface area contributed by atoms with Gasteiger partial charge in [0.05, 0.1) is 10.8 Å². The van der Waals surface area contributed by atoms with Crippen LogP contribution < -0.4 is 0 Å². The van der Waals surface area contributed by atoms with Crippen molar-refractivity contribution in [3.05, 3.63) is 189 Å². The molecule has 0 aliphatic heterocycles. The topological polar surface area (TPSA) is 0 Å². The van der Waals surface area contributed by atoms with Crippen LogP contribution in [-0.4, -0.2) is 0 Å². The molecule has 204 valence electrons.